The molecule has 92 valence electrons. The smallest absolute Gasteiger partial charge is 0.256 e. The molecule has 0 spiro atoms. The number of hydrogen-bond acceptors (Lipinski definition) is 2. The number of carbonyl (C=O) groups excluding carboxylic acids is 1. The van der Waals surface area contributed by atoms with E-state index in [9.17, 15) is 4.79 Å². The number of nitrogens with two attached hydrogens (primary N) is 1. The van der Waals surface area contributed by atoms with Gasteiger partial charge in [0.15, 0.2) is 0 Å². The van der Waals surface area contributed by atoms with Crippen molar-refractivity contribution in [2.75, 3.05) is 11.1 Å². The molecule has 2 aromatic rings. The molecule has 0 unspecified atom stereocenters. The van der Waals surface area contributed by atoms with Gasteiger partial charge >= 0.3 is 0 Å². The molecule has 3 N–H and O–H groups in total. The van der Waals surface area contributed by atoms with Crippen molar-refractivity contribution in [1.29, 1.82) is 0 Å². The van der Waals surface area contributed by atoms with Crippen LogP contribution in [0.2, 0.25) is 0 Å². The molecule has 0 atom stereocenters. The molecular weight excluding hydrogens is 339 g/mol. The van der Waals surface area contributed by atoms with Crippen LogP contribution in [0.4, 0.5) is 11.4 Å². The van der Waals surface area contributed by atoms with E-state index in [1.165, 1.54) is 0 Å². The largest absolute Gasteiger partial charge is 0.397 e. The first-order valence-electron chi connectivity index (χ1n) is 5.50. The monoisotopic (exact) mass is 352 g/mol. The van der Waals surface area contributed by atoms with Crippen LogP contribution in [0.5, 0.6) is 0 Å². The van der Waals surface area contributed by atoms with Crippen LogP contribution in [0.3, 0.4) is 0 Å². The Balaban J connectivity index is 2.30. The number of anilines is 2. The van der Waals surface area contributed by atoms with Gasteiger partial charge in [0.2, 0.25) is 0 Å². The summed E-state index contributed by atoms with van der Waals surface area (Å²) in [6.07, 6.45) is 0. The van der Waals surface area contributed by atoms with Crippen LogP contribution in [0.15, 0.2) is 42.5 Å². The third-order valence-electron chi connectivity index (χ3n) is 2.66. The summed E-state index contributed by atoms with van der Waals surface area (Å²) in [6.45, 7) is 1.92. The van der Waals surface area contributed by atoms with Crippen molar-refractivity contribution in [1.82, 2.24) is 0 Å². The number of aryl methyl sites for hydroxylation is 1. The molecule has 0 saturated carbocycles. The average molecular weight is 352 g/mol. The molecule has 0 radical (unpaired) electrons. The third-order valence-corrected chi connectivity index (χ3v) is 3.60. The maximum atomic E-state index is 12.2. The number of amides is 1. The van der Waals surface area contributed by atoms with E-state index in [0.29, 0.717) is 16.9 Å². The molecule has 3 nitrogen and oxygen atoms in total. The molecule has 0 fully saturated rings. The third kappa shape index (κ3) is 2.64. The normalized spacial score (nSPS) is 10.1. The minimum atomic E-state index is -0.138. The maximum Gasteiger partial charge on any atom is 0.256 e. The van der Waals surface area contributed by atoms with Gasteiger partial charge in [-0.3, -0.25) is 4.79 Å². The number of nitrogen functional groups attached to an aromatic ring is 1. The maximum absolute atomic E-state index is 12.2. The highest BCUT2D eigenvalue weighted by Gasteiger charge is 2.12. The van der Waals surface area contributed by atoms with Gasteiger partial charge in [0.25, 0.3) is 5.91 Å². The van der Waals surface area contributed by atoms with E-state index in [4.69, 9.17) is 5.73 Å². The van der Waals surface area contributed by atoms with Crippen LogP contribution in [0.25, 0.3) is 0 Å². The molecule has 0 aliphatic carbocycles. The van der Waals surface area contributed by atoms with E-state index in [1.807, 2.05) is 37.3 Å². The van der Waals surface area contributed by atoms with E-state index >= 15 is 0 Å². The van der Waals surface area contributed by atoms with Crippen LogP contribution in [-0.4, -0.2) is 5.91 Å². The van der Waals surface area contributed by atoms with Gasteiger partial charge in [-0.05, 0) is 53.3 Å². The molecule has 2 rings (SSSR count). The minimum absolute atomic E-state index is 0.138. The van der Waals surface area contributed by atoms with Crippen molar-refractivity contribution in [3.8, 4) is 0 Å². The van der Waals surface area contributed by atoms with Crippen molar-refractivity contribution in [3.05, 3.63) is 57.2 Å². The number of nitrogens with one attached hydrogen (secondary N) is 1. The Morgan fingerprint density at radius 3 is 2.56 bits per heavy atom. The van der Waals surface area contributed by atoms with Crippen molar-refractivity contribution in [2.24, 2.45) is 0 Å². The first-order chi connectivity index (χ1) is 8.59. The lowest BCUT2D eigenvalue weighted by Crippen LogP contribution is -2.15. The van der Waals surface area contributed by atoms with E-state index in [1.54, 1.807) is 12.1 Å². The Kier molecular flexibility index (Phi) is 3.86. The van der Waals surface area contributed by atoms with Crippen LogP contribution >= 0.6 is 22.6 Å². The fourth-order valence-electron chi connectivity index (χ4n) is 1.69. The van der Waals surface area contributed by atoms with Gasteiger partial charge in [-0.15, -0.1) is 0 Å². The van der Waals surface area contributed by atoms with Gasteiger partial charge in [0, 0.05) is 3.57 Å². The molecule has 0 aromatic heterocycles. The van der Waals surface area contributed by atoms with Gasteiger partial charge in [0.1, 0.15) is 0 Å². The lowest BCUT2D eigenvalue weighted by molar-refractivity contribution is 0.102. The molecule has 18 heavy (non-hydrogen) atoms. The van der Waals surface area contributed by atoms with Crippen LogP contribution in [0.1, 0.15) is 15.9 Å². The van der Waals surface area contributed by atoms with Crippen LogP contribution in [0, 0.1) is 10.5 Å². The Labute approximate surface area is 120 Å². The molecule has 4 heteroatoms. The molecule has 0 heterocycles. The molecule has 2 aromatic carbocycles. The number of hydrogen-bond donors (Lipinski definition) is 2. The molecule has 0 bridgehead atoms. The van der Waals surface area contributed by atoms with Gasteiger partial charge in [-0.1, -0.05) is 24.3 Å². The summed E-state index contributed by atoms with van der Waals surface area (Å²) >= 11 is 2.14. The Morgan fingerprint density at radius 1 is 1.17 bits per heavy atom. The standard InChI is InChI=1S/C14H13IN2O/c1-9-5-4-8-12(16)13(9)17-14(18)10-6-2-3-7-11(10)15/h2-8H,16H2,1H3,(H,17,18). The molecule has 1 amide bonds. The second kappa shape index (κ2) is 5.39. The summed E-state index contributed by atoms with van der Waals surface area (Å²) in [4.78, 5) is 12.2. The quantitative estimate of drug-likeness (QED) is 0.643. The Bertz CT molecular complexity index is 576. The summed E-state index contributed by atoms with van der Waals surface area (Å²) in [5, 5.41) is 2.87. The zero-order valence-corrected chi connectivity index (χ0v) is 12.1. The number of rotatable bonds is 2. The Hall–Kier alpha value is -1.56. The van der Waals surface area contributed by atoms with Crippen LogP contribution < -0.4 is 11.1 Å². The summed E-state index contributed by atoms with van der Waals surface area (Å²) < 4.78 is 0.916. The highest BCUT2D eigenvalue weighted by molar-refractivity contribution is 14.1. The minimum Gasteiger partial charge on any atom is -0.397 e. The predicted molar refractivity (Wildman–Crippen MR) is 82.7 cm³/mol. The van der Waals surface area contributed by atoms with E-state index in [2.05, 4.69) is 27.9 Å². The Morgan fingerprint density at radius 2 is 1.89 bits per heavy atom. The first kappa shape index (κ1) is 12.9. The van der Waals surface area contributed by atoms with Gasteiger partial charge < -0.3 is 11.1 Å². The van der Waals surface area contributed by atoms with Gasteiger partial charge in [-0.2, -0.15) is 0 Å². The summed E-state index contributed by atoms with van der Waals surface area (Å²) in [7, 11) is 0. The fraction of sp³-hybridized carbons (Fsp3) is 0.0714. The highest BCUT2D eigenvalue weighted by atomic mass is 127. The molecule has 0 aliphatic rings. The highest BCUT2D eigenvalue weighted by Crippen LogP contribution is 2.23. The van der Waals surface area contributed by atoms with Crippen LogP contribution in [-0.2, 0) is 0 Å². The number of halogens is 1. The first-order valence-corrected chi connectivity index (χ1v) is 6.58. The predicted octanol–water partition coefficient (Wildman–Crippen LogP) is 3.43. The van der Waals surface area contributed by atoms with Gasteiger partial charge in [0.05, 0.1) is 16.9 Å². The van der Waals surface area contributed by atoms with Crippen molar-refractivity contribution >= 4 is 39.9 Å². The molecular formula is C14H13IN2O. The summed E-state index contributed by atoms with van der Waals surface area (Å²) in [5.74, 6) is -0.138. The van der Waals surface area contributed by atoms with E-state index in [0.717, 1.165) is 9.13 Å². The summed E-state index contributed by atoms with van der Waals surface area (Å²) in [6, 6.07) is 13.0. The second-order valence-electron chi connectivity index (χ2n) is 3.97. The molecule has 0 saturated heterocycles. The average Bonchev–Trinajstić information content (AvgIpc) is 2.34. The van der Waals surface area contributed by atoms with Crippen molar-refractivity contribution in [3.63, 3.8) is 0 Å². The molecule has 0 aliphatic heterocycles. The van der Waals surface area contributed by atoms with E-state index in [-0.39, 0.29) is 5.91 Å². The second-order valence-corrected chi connectivity index (χ2v) is 5.14. The topological polar surface area (TPSA) is 55.1 Å². The zero-order chi connectivity index (χ0) is 13.1. The van der Waals surface area contributed by atoms with Crippen molar-refractivity contribution < 1.29 is 4.79 Å². The number of para-hydroxylation sites is 1. The lowest BCUT2D eigenvalue weighted by atomic mass is 10.1. The fourth-order valence-corrected chi connectivity index (χ4v) is 2.32. The zero-order valence-electron chi connectivity index (χ0n) is 9.91. The van der Waals surface area contributed by atoms with E-state index < -0.39 is 0 Å². The van der Waals surface area contributed by atoms with Gasteiger partial charge in [-0.25, -0.2) is 0 Å². The summed E-state index contributed by atoms with van der Waals surface area (Å²) in [5.41, 5.74) is 8.74. The van der Waals surface area contributed by atoms with Crippen molar-refractivity contribution in [2.45, 2.75) is 6.92 Å². The number of carbonyl (C=O) groups is 1. The number of benzene rings is 2. The lowest BCUT2D eigenvalue weighted by Gasteiger charge is -2.11. The SMILES string of the molecule is Cc1cccc(N)c1NC(=O)c1ccccc1I.